The monoisotopic (exact) mass is 258 g/mol. The molecule has 8 heteroatoms. The van der Waals surface area contributed by atoms with E-state index in [1.54, 1.807) is 0 Å². The van der Waals surface area contributed by atoms with E-state index < -0.39 is 0 Å². The third-order valence-electron chi connectivity index (χ3n) is 2.49. The van der Waals surface area contributed by atoms with E-state index in [2.05, 4.69) is 25.4 Å². The molecule has 94 valence electrons. The first-order valence-corrected chi connectivity index (χ1v) is 5.83. The van der Waals surface area contributed by atoms with E-state index in [9.17, 15) is 0 Å². The number of nitrogens with two attached hydrogens (primary N) is 1. The van der Waals surface area contributed by atoms with Crippen LogP contribution in [0.15, 0.2) is 0 Å². The van der Waals surface area contributed by atoms with Crippen LogP contribution in [0.25, 0.3) is 0 Å². The molecule has 2 rings (SSSR count). The number of anilines is 2. The number of ether oxygens (including phenoxy) is 1. The van der Waals surface area contributed by atoms with Gasteiger partial charge in [0.15, 0.2) is 11.0 Å². The molecule has 1 saturated heterocycles. The molecule has 0 aliphatic carbocycles. The lowest BCUT2D eigenvalue weighted by Crippen LogP contribution is -2.39. The molecule has 0 radical (unpaired) electrons. The molecule has 0 spiro atoms. The zero-order valence-electron chi connectivity index (χ0n) is 9.40. The molecule has 0 bridgehead atoms. The third-order valence-corrected chi connectivity index (χ3v) is 2.75. The summed E-state index contributed by atoms with van der Waals surface area (Å²) in [6, 6.07) is 0. The van der Waals surface area contributed by atoms with Gasteiger partial charge in [-0.3, -0.25) is 4.90 Å². The summed E-state index contributed by atoms with van der Waals surface area (Å²) in [5, 5.41) is 10.7. The smallest absolute Gasteiger partial charge is 0.244 e. The number of nitrogens with zero attached hydrogens (tertiary/aromatic N) is 4. The van der Waals surface area contributed by atoms with E-state index in [0.717, 1.165) is 39.4 Å². The first-order chi connectivity index (χ1) is 8.25. The molecule has 0 atom stereocenters. The highest BCUT2D eigenvalue weighted by Gasteiger charge is 2.09. The van der Waals surface area contributed by atoms with E-state index in [1.807, 2.05) is 0 Å². The molecule has 3 N–H and O–H groups in total. The Bertz CT molecular complexity index is 371. The van der Waals surface area contributed by atoms with Gasteiger partial charge >= 0.3 is 0 Å². The summed E-state index contributed by atoms with van der Waals surface area (Å²) < 4.78 is 5.27. The first-order valence-electron chi connectivity index (χ1n) is 5.45. The molecule has 1 aromatic heterocycles. The van der Waals surface area contributed by atoms with Crippen molar-refractivity contribution in [3.63, 3.8) is 0 Å². The topological polar surface area (TPSA) is 89.2 Å². The summed E-state index contributed by atoms with van der Waals surface area (Å²) in [5.74, 6) is 0.593. The van der Waals surface area contributed by atoms with Crippen molar-refractivity contribution in [2.75, 3.05) is 50.4 Å². The molecule has 0 saturated carbocycles. The minimum Gasteiger partial charge on any atom is -0.381 e. The predicted octanol–water partition coefficient (Wildman–Crippen LogP) is -0.149. The molecule has 17 heavy (non-hydrogen) atoms. The normalized spacial score (nSPS) is 17.0. The molecule has 0 amide bonds. The second kappa shape index (κ2) is 5.95. The fourth-order valence-electron chi connectivity index (χ4n) is 1.55. The standard InChI is InChI=1S/C9H15ClN6O/c10-7-8(11)13-9(15-14-7)12-1-2-16-3-5-17-6-4-16/h1-6H2,(H3,11,12,13,15). The average Bonchev–Trinajstić information content (AvgIpc) is 2.35. The maximum atomic E-state index is 5.63. The molecule has 7 nitrogen and oxygen atoms in total. The highest BCUT2D eigenvalue weighted by molar-refractivity contribution is 6.31. The molecule has 2 heterocycles. The van der Waals surface area contributed by atoms with E-state index >= 15 is 0 Å². The van der Waals surface area contributed by atoms with Gasteiger partial charge in [0.1, 0.15) is 0 Å². The lowest BCUT2D eigenvalue weighted by atomic mass is 10.4. The van der Waals surface area contributed by atoms with Crippen LogP contribution in [0, 0.1) is 0 Å². The van der Waals surface area contributed by atoms with Gasteiger partial charge in [0.05, 0.1) is 13.2 Å². The van der Waals surface area contributed by atoms with E-state index in [1.165, 1.54) is 0 Å². The van der Waals surface area contributed by atoms with Crippen LogP contribution in [0.2, 0.25) is 5.15 Å². The van der Waals surface area contributed by atoms with Gasteiger partial charge in [0.2, 0.25) is 5.95 Å². The average molecular weight is 259 g/mol. The number of nitrogens with one attached hydrogen (secondary N) is 1. The first kappa shape index (κ1) is 12.3. The van der Waals surface area contributed by atoms with Crippen molar-refractivity contribution in [2.24, 2.45) is 0 Å². The van der Waals surface area contributed by atoms with Gasteiger partial charge < -0.3 is 15.8 Å². The molecule has 0 aromatic carbocycles. The van der Waals surface area contributed by atoms with Crippen molar-refractivity contribution in [3.05, 3.63) is 5.15 Å². The largest absolute Gasteiger partial charge is 0.381 e. The summed E-state index contributed by atoms with van der Waals surface area (Å²) in [5.41, 5.74) is 5.52. The number of morpholine rings is 1. The van der Waals surface area contributed by atoms with Crippen LogP contribution in [0.1, 0.15) is 0 Å². The lowest BCUT2D eigenvalue weighted by molar-refractivity contribution is 0.0398. The minimum atomic E-state index is 0.128. The minimum absolute atomic E-state index is 0.128. The van der Waals surface area contributed by atoms with Gasteiger partial charge in [-0.1, -0.05) is 11.6 Å². The van der Waals surface area contributed by atoms with Crippen LogP contribution in [0.4, 0.5) is 11.8 Å². The zero-order valence-corrected chi connectivity index (χ0v) is 10.2. The molecule has 1 aliphatic rings. The molecule has 1 fully saturated rings. The fourth-order valence-corrected chi connectivity index (χ4v) is 1.63. The van der Waals surface area contributed by atoms with Crippen molar-refractivity contribution in [1.29, 1.82) is 0 Å². The van der Waals surface area contributed by atoms with Crippen molar-refractivity contribution in [1.82, 2.24) is 20.1 Å². The van der Waals surface area contributed by atoms with Crippen molar-refractivity contribution >= 4 is 23.4 Å². The number of halogens is 1. The molecular weight excluding hydrogens is 244 g/mol. The number of hydrogen-bond acceptors (Lipinski definition) is 7. The van der Waals surface area contributed by atoms with Crippen LogP contribution in [-0.2, 0) is 4.74 Å². The summed E-state index contributed by atoms with van der Waals surface area (Å²) in [4.78, 5) is 6.28. The van der Waals surface area contributed by atoms with Crippen LogP contribution >= 0.6 is 11.6 Å². The Morgan fingerprint density at radius 3 is 2.82 bits per heavy atom. The highest BCUT2D eigenvalue weighted by atomic mass is 35.5. The Labute approximate surface area is 104 Å². The number of hydrogen-bond donors (Lipinski definition) is 2. The van der Waals surface area contributed by atoms with Gasteiger partial charge in [-0.15, -0.1) is 10.2 Å². The van der Waals surface area contributed by atoms with Gasteiger partial charge in [-0.05, 0) is 0 Å². The number of rotatable bonds is 4. The SMILES string of the molecule is Nc1nc(NCCN2CCOCC2)nnc1Cl. The summed E-state index contributed by atoms with van der Waals surface area (Å²) >= 11 is 5.63. The Morgan fingerprint density at radius 1 is 1.35 bits per heavy atom. The quantitative estimate of drug-likeness (QED) is 0.776. The van der Waals surface area contributed by atoms with Crippen LogP contribution in [0.5, 0.6) is 0 Å². The molecule has 1 aliphatic heterocycles. The maximum absolute atomic E-state index is 5.63. The van der Waals surface area contributed by atoms with Crippen LogP contribution < -0.4 is 11.1 Å². The Hall–Kier alpha value is -1.18. The maximum Gasteiger partial charge on any atom is 0.244 e. The number of nitrogen functional groups attached to an aromatic ring is 1. The van der Waals surface area contributed by atoms with Crippen molar-refractivity contribution in [3.8, 4) is 0 Å². The van der Waals surface area contributed by atoms with Gasteiger partial charge in [-0.2, -0.15) is 4.98 Å². The number of aromatic nitrogens is 3. The van der Waals surface area contributed by atoms with E-state index in [-0.39, 0.29) is 11.0 Å². The zero-order chi connectivity index (χ0) is 12.1. The Balaban J connectivity index is 1.75. The Kier molecular flexibility index (Phi) is 4.29. The predicted molar refractivity (Wildman–Crippen MR) is 65.0 cm³/mol. The summed E-state index contributed by atoms with van der Waals surface area (Å²) in [6.07, 6.45) is 0. The molecule has 0 unspecified atom stereocenters. The van der Waals surface area contributed by atoms with Gasteiger partial charge in [-0.25, -0.2) is 0 Å². The molecule has 1 aromatic rings. The van der Waals surface area contributed by atoms with Crippen LogP contribution in [-0.4, -0.2) is 59.5 Å². The van der Waals surface area contributed by atoms with Crippen LogP contribution in [0.3, 0.4) is 0 Å². The van der Waals surface area contributed by atoms with E-state index in [4.69, 9.17) is 22.1 Å². The second-order valence-corrected chi connectivity index (χ2v) is 4.05. The third kappa shape index (κ3) is 3.65. The molecular formula is C9H15ClN6O. The Morgan fingerprint density at radius 2 is 2.12 bits per heavy atom. The highest BCUT2D eigenvalue weighted by Crippen LogP contribution is 2.11. The van der Waals surface area contributed by atoms with Crippen molar-refractivity contribution < 1.29 is 4.74 Å². The van der Waals surface area contributed by atoms with Crippen molar-refractivity contribution in [2.45, 2.75) is 0 Å². The lowest BCUT2D eigenvalue weighted by Gasteiger charge is -2.26. The second-order valence-electron chi connectivity index (χ2n) is 3.69. The van der Waals surface area contributed by atoms with E-state index in [0.29, 0.717) is 5.95 Å². The summed E-state index contributed by atoms with van der Waals surface area (Å²) in [7, 11) is 0. The fraction of sp³-hybridized carbons (Fsp3) is 0.667. The summed E-state index contributed by atoms with van der Waals surface area (Å²) in [6.45, 7) is 5.17. The van der Waals surface area contributed by atoms with Gasteiger partial charge in [0.25, 0.3) is 0 Å². The van der Waals surface area contributed by atoms with Gasteiger partial charge in [0, 0.05) is 26.2 Å².